The number of aromatic nitrogens is 7. The van der Waals surface area contributed by atoms with Gasteiger partial charge in [0.2, 0.25) is 10.0 Å². The predicted molar refractivity (Wildman–Crippen MR) is 137 cm³/mol. The first-order valence-corrected chi connectivity index (χ1v) is 13.1. The van der Waals surface area contributed by atoms with Gasteiger partial charge in [-0.25, -0.2) is 32.5 Å². The van der Waals surface area contributed by atoms with Crippen molar-refractivity contribution in [1.82, 2.24) is 39.8 Å². The van der Waals surface area contributed by atoms with Crippen LogP contribution < -0.4 is 4.72 Å². The Hall–Kier alpha value is -4.55. The highest BCUT2D eigenvalue weighted by atomic mass is 32.2. The van der Waals surface area contributed by atoms with Gasteiger partial charge in [0.15, 0.2) is 0 Å². The maximum atomic E-state index is 14.5. The molecule has 6 rings (SSSR count). The number of rotatable bonds is 6. The minimum Gasteiger partial charge on any atom is -0.353 e. The number of H-pyrrole nitrogens is 2. The summed E-state index contributed by atoms with van der Waals surface area (Å²) in [7, 11) is -3.42. The van der Waals surface area contributed by atoms with Gasteiger partial charge in [-0.2, -0.15) is 5.10 Å². The maximum absolute atomic E-state index is 14.5. The van der Waals surface area contributed by atoms with Gasteiger partial charge < -0.3 is 4.98 Å². The molecule has 6 aromatic rings. The number of pyridine rings is 2. The molecule has 10 nitrogen and oxygen atoms in total. The van der Waals surface area contributed by atoms with E-state index in [1.54, 1.807) is 24.7 Å². The summed E-state index contributed by atoms with van der Waals surface area (Å²) >= 11 is 0. The molecule has 3 N–H and O–H groups in total. The third kappa shape index (κ3) is 4.55. The molecule has 0 spiro atoms. The third-order valence-corrected chi connectivity index (χ3v) is 6.51. The summed E-state index contributed by atoms with van der Waals surface area (Å²) in [5, 5.41) is 8.25. The van der Waals surface area contributed by atoms with E-state index in [1.807, 2.05) is 24.3 Å². The minimum absolute atomic E-state index is 0.0301. The quantitative estimate of drug-likeness (QED) is 0.307. The molecular weight excluding hydrogens is 495 g/mol. The molecule has 12 heteroatoms. The molecule has 0 fully saturated rings. The summed E-state index contributed by atoms with van der Waals surface area (Å²) in [6, 6.07) is 11.9. The van der Waals surface area contributed by atoms with Gasteiger partial charge in [0.05, 0.1) is 28.9 Å². The van der Waals surface area contributed by atoms with Crippen molar-refractivity contribution in [3.05, 3.63) is 78.8 Å². The Morgan fingerprint density at radius 3 is 2.62 bits per heavy atom. The zero-order chi connectivity index (χ0) is 25.6. The molecule has 0 saturated carbocycles. The molecule has 0 saturated heterocycles. The average molecular weight is 515 g/mol. The van der Waals surface area contributed by atoms with E-state index in [9.17, 15) is 12.8 Å². The number of aromatic amines is 2. The molecule has 0 aliphatic rings. The molecule has 0 bridgehead atoms. The number of sulfonamides is 1. The van der Waals surface area contributed by atoms with Gasteiger partial charge in [-0.3, -0.25) is 10.1 Å². The number of hydrogen-bond acceptors (Lipinski definition) is 7. The van der Waals surface area contributed by atoms with Crippen LogP contribution in [0.3, 0.4) is 0 Å². The molecule has 5 heterocycles. The first-order chi connectivity index (χ1) is 17.8. The molecule has 0 atom stereocenters. The normalized spacial score (nSPS) is 11.9. The van der Waals surface area contributed by atoms with E-state index in [0.717, 1.165) is 28.2 Å². The van der Waals surface area contributed by atoms with E-state index in [-0.39, 0.29) is 6.54 Å². The summed E-state index contributed by atoms with van der Waals surface area (Å²) in [4.78, 5) is 20.8. The Balaban J connectivity index is 1.44. The van der Waals surface area contributed by atoms with Gasteiger partial charge in [-0.05, 0) is 48.0 Å². The van der Waals surface area contributed by atoms with Gasteiger partial charge >= 0.3 is 0 Å². The summed E-state index contributed by atoms with van der Waals surface area (Å²) in [5.74, 6) is -0.489. The zero-order valence-electron chi connectivity index (χ0n) is 19.4. The lowest BCUT2D eigenvalue weighted by Crippen LogP contribution is -2.21. The van der Waals surface area contributed by atoms with Gasteiger partial charge in [0.1, 0.15) is 23.4 Å². The van der Waals surface area contributed by atoms with Crippen molar-refractivity contribution in [2.75, 3.05) is 6.26 Å². The number of nitrogens with one attached hydrogen (secondary N) is 3. The fraction of sp³-hybridized carbons (Fsp3) is 0.0800. The molecule has 5 aromatic heterocycles. The van der Waals surface area contributed by atoms with Crippen LogP contribution in [0.1, 0.15) is 5.56 Å². The van der Waals surface area contributed by atoms with E-state index >= 15 is 0 Å². The largest absolute Gasteiger partial charge is 0.353 e. The van der Waals surface area contributed by atoms with Crippen molar-refractivity contribution in [2.45, 2.75) is 6.54 Å². The molecular formula is C25H19FN8O2S. The second kappa shape index (κ2) is 8.84. The highest BCUT2D eigenvalue weighted by Crippen LogP contribution is 2.33. The fourth-order valence-corrected chi connectivity index (χ4v) is 4.62. The van der Waals surface area contributed by atoms with Gasteiger partial charge in [-0.1, -0.05) is 0 Å². The SMILES string of the molecule is CS(=O)(=O)NCc1cc(F)cc(-c2nccc3[nH]c(-c4n[nH]c5ccc(-c6cncnc6)nc45)cc23)c1. The number of halogens is 1. The zero-order valence-corrected chi connectivity index (χ0v) is 20.2. The third-order valence-electron chi connectivity index (χ3n) is 5.84. The molecule has 0 aliphatic carbocycles. The van der Waals surface area contributed by atoms with Crippen LogP contribution in [0, 0.1) is 5.82 Å². The Morgan fingerprint density at radius 2 is 1.81 bits per heavy atom. The van der Waals surface area contributed by atoms with Gasteiger partial charge in [-0.15, -0.1) is 0 Å². The van der Waals surface area contributed by atoms with E-state index in [1.165, 1.54) is 18.5 Å². The molecule has 1 aromatic carbocycles. The van der Waals surface area contributed by atoms with Crippen LogP contribution in [0.25, 0.3) is 55.8 Å². The van der Waals surface area contributed by atoms with E-state index in [4.69, 9.17) is 4.98 Å². The summed E-state index contributed by atoms with van der Waals surface area (Å²) in [6.07, 6.45) is 7.54. The minimum atomic E-state index is -3.42. The standard InChI is InChI=1S/C25H19FN8O2S/c1-37(35,36)30-10-14-6-15(8-17(26)7-14)23-18-9-22(31-20(18)4-5-29-23)25-24-21(33-34-25)3-2-19(32-24)16-11-27-13-28-12-16/h2-9,11-13,30-31H,10H2,1H3,(H,33,34). The predicted octanol–water partition coefficient (Wildman–Crippen LogP) is 3.81. The average Bonchev–Trinajstić information content (AvgIpc) is 3.51. The highest BCUT2D eigenvalue weighted by molar-refractivity contribution is 7.88. The Bertz CT molecular complexity index is 1880. The molecule has 0 unspecified atom stereocenters. The highest BCUT2D eigenvalue weighted by Gasteiger charge is 2.17. The lowest BCUT2D eigenvalue weighted by molar-refractivity contribution is 0.586. The Labute approximate surface area is 210 Å². The number of fused-ring (bicyclic) bond motifs is 2. The molecule has 184 valence electrons. The van der Waals surface area contributed by atoms with Crippen molar-refractivity contribution < 1.29 is 12.8 Å². The molecule has 0 radical (unpaired) electrons. The van der Waals surface area contributed by atoms with Crippen LogP contribution >= 0.6 is 0 Å². The fourth-order valence-electron chi connectivity index (χ4n) is 4.19. The number of hydrogen-bond donors (Lipinski definition) is 3. The van der Waals surface area contributed by atoms with Crippen LogP contribution in [0.5, 0.6) is 0 Å². The van der Waals surface area contributed by atoms with Crippen LogP contribution in [0.2, 0.25) is 0 Å². The smallest absolute Gasteiger partial charge is 0.209 e. The van der Waals surface area contributed by atoms with Crippen molar-refractivity contribution >= 4 is 32.0 Å². The topological polar surface area (TPSA) is 142 Å². The van der Waals surface area contributed by atoms with Crippen molar-refractivity contribution in [1.29, 1.82) is 0 Å². The maximum Gasteiger partial charge on any atom is 0.209 e. The summed E-state index contributed by atoms with van der Waals surface area (Å²) < 4.78 is 39.8. The van der Waals surface area contributed by atoms with Crippen molar-refractivity contribution in [3.8, 4) is 33.9 Å². The Kier molecular flexibility index (Phi) is 5.46. The van der Waals surface area contributed by atoms with Crippen LogP contribution in [-0.4, -0.2) is 49.8 Å². The van der Waals surface area contributed by atoms with Crippen molar-refractivity contribution in [3.63, 3.8) is 0 Å². The molecule has 0 aliphatic heterocycles. The molecule has 37 heavy (non-hydrogen) atoms. The van der Waals surface area contributed by atoms with E-state index in [0.29, 0.717) is 39.4 Å². The number of benzene rings is 1. The summed E-state index contributed by atoms with van der Waals surface area (Å²) in [5.41, 5.74) is 6.60. The lowest BCUT2D eigenvalue weighted by atomic mass is 10.0. The lowest BCUT2D eigenvalue weighted by Gasteiger charge is -2.07. The van der Waals surface area contributed by atoms with Crippen LogP contribution in [0.15, 0.2) is 67.4 Å². The number of nitrogens with zero attached hydrogens (tertiary/aromatic N) is 5. The summed E-state index contributed by atoms with van der Waals surface area (Å²) in [6.45, 7) is -0.0301. The monoisotopic (exact) mass is 514 g/mol. The second-order valence-corrected chi connectivity index (χ2v) is 10.4. The second-order valence-electron chi connectivity index (χ2n) is 8.54. The van der Waals surface area contributed by atoms with E-state index in [2.05, 4.69) is 34.9 Å². The van der Waals surface area contributed by atoms with Gasteiger partial charge in [0, 0.05) is 47.2 Å². The first kappa shape index (κ1) is 22.9. The Morgan fingerprint density at radius 1 is 0.973 bits per heavy atom. The van der Waals surface area contributed by atoms with E-state index < -0.39 is 15.8 Å². The first-order valence-electron chi connectivity index (χ1n) is 11.2. The van der Waals surface area contributed by atoms with Gasteiger partial charge in [0.25, 0.3) is 0 Å². The van der Waals surface area contributed by atoms with Crippen molar-refractivity contribution in [2.24, 2.45) is 0 Å². The molecule has 0 amide bonds. The van der Waals surface area contributed by atoms with Crippen LogP contribution in [0.4, 0.5) is 4.39 Å². The van der Waals surface area contributed by atoms with Crippen LogP contribution in [-0.2, 0) is 16.6 Å².